The number of carbonyl (C=O) groups excluding carboxylic acids is 1. The summed E-state index contributed by atoms with van der Waals surface area (Å²) in [6, 6.07) is 9.54. The van der Waals surface area contributed by atoms with Crippen LogP contribution in [0.4, 0.5) is 5.69 Å². The molecule has 0 bridgehead atoms. The van der Waals surface area contributed by atoms with Crippen LogP contribution in [0.15, 0.2) is 40.6 Å². The first-order valence-electron chi connectivity index (χ1n) is 5.17. The van der Waals surface area contributed by atoms with E-state index in [0.29, 0.717) is 11.4 Å². The largest absolute Gasteiger partial charge is 0.331 e. The van der Waals surface area contributed by atoms with Gasteiger partial charge in [-0.05, 0) is 26.0 Å². The van der Waals surface area contributed by atoms with E-state index >= 15 is 0 Å². The molecule has 0 aromatic heterocycles. The molecule has 1 aromatic rings. The number of nitrogens with zero attached hydrogens (tertiary/aromatic N) is 2. The third-order valence-electron chi connectivity index (χ3n) is 1.96. The van der Waals surface area contributed by atoms with Gasteiger partial charge in [0.15, 0.2) is 0 Å². The van der Waals surface area contributed by atoms with Crippen molar-refractivity contribution in [2.24, 2.45) is 10.3 Å². The summed E-state index contributed by atoms with van der Waals surface area (Å²) in [5.41, 5.74) is 4.95. The average Bonchev–Trinajstić information content (AvgIpc) is 2.34. The predicted octanol–water partition coefficient (Wildman–Crippen LogP) is 2.41. The lowest BCUT2D eigenvalue weighted by Crippen LogP contribution is -2.09. The monoisotopic (exact) mass is 233 g/mol. The van der Waals surface area contributed by atoms with Crippen LogP contribution in [-0.4, -0.2) is 17.4 Å². The molecule has 1 rings (SSSR count). The van der Waals surface area contributed by atoms with Crippen LogP contribution < -0.4 is 5.43 Å². The first-order chi connectivity index (χ1) is 8.09. The second-order valence-electron chi connectivity index (χ2n) is 3.43. The van der Waals surface area contributed by atoms with Crippen LogP contribution in [0.2, 0.25) is 0 Å². The minimum absolute atomic E-state index is 0.451. The fraction of sp³-hybridized carbons (Fsp3) is 0.250. The van der Waals surface area contributed by atoms with Crippen LogP contribution in [0.5, 0.6) is 0 Å². The van der Waals surface area contributed by atoms with Gasteiger partial charge < -0.3 is 4.84 Å². The van der Waals surface area contributed by atoms with Crippen LogP contribution in [0.1, 0.15) is 20.8 Å². The number of benzene rings is 1. The molecule has 90 valence electrons. The van der Waals surface area contributed by atoms with Crippen molar-refractivity contribution in [3.05, 3.63) is 30.3 Å². The molecule has 0 saturated carbocycles. The van der Waals surface area contributed by atoms with Crippen molar-refractivity contribution >= 4 is 23.1 Å². The maximum absolute atomic E-state index is 10.6. The Hall–Kier alpha value is -2.17. The summed E-state index contributed by atoms with van der Waals surface area (Å²) in [7, 11) is 0. The highest BCUT2D eigenvalue weighted by Crippen LogP contribution is 2.04. The Labute approximate surface area is 100 Å². The van der Waals surface area contributed by atoms with E-state index in [1.807, 2.05) is 30.3 Å². The van der Waals surface area contributed by atoms with Gasteiger partial charge in [0.1, 0.15) is 5.71 Å². The third-order valence-corrected chi connectivity index (χ3v) is 1.96. The number of rotatable bonds is 4. The van der Waals surface area contributed by atoms with Crippen molar-refractivity contribution in [3.63, 3.8) is 0 Å². The molecule has 0 saturated heterocycles. The summed E-state index contributed by atoms with van der Waals surface area (Å²) in [5, 5.41) is 7.75. The van der Waals surface area contributed by atoms with Crippen molar-refractivity contribution in [2.45, 2.75) is 20.8 Å². The fourth-order valence-electron chi connectivity index (χ4n) is 0.941. The maximum Gasteiger partial charge on any atom is 0.331 e. The van der Waals surface area contributed by atoms with Crippen LogP contribution in [0.25, 0.3) is 0 Å². The van der Waals surface area contributed by atoms with Gasteiger partial charge >= 0.3 is 5.97 Å². The van der Waals surface area contributed by atoms with Gasteiger partial charge in [-0.15, -0.1) is 0 Å². The maximum atomic E-state index is 10.6. The first kappa shape index (κ1) is 12.9. The number of oxime groups is 1. The lowest BCUT2D eigenvalue weighted by atomic mass is 10.3. The number of hydrogen-bond donors (Lipinski definition) is 1. The Morgan fingerprint density at radius 2 is 1.76 bits per heavy atom. The molecule has 1 N–H and O–H groups in total. The van der Waals surface area contributed by atoms with E-state index < -0.39 is 5.97 Å². The Balaban J connectivity index is 2.60. The molecule has 0 aliphatic heterocycles. The molecule has 1 aromatic carbocycles. The Morgan fingerprint density at radius 3 is 2.35 bits per heavy atom. The number of anilines is 1. The zero-order valence-electron chi connectivity index (χ0n) is 10.1. The van der Waals surface area contributed by atoms with E-state index in [9.17, 15) is 4.79 Å². The zero-order valence-corrected chi connectivity index (χ0v) is 10.1. The number of carbonyl (C=O) groups is 1. The molecule has 0 spiro atoms. The summed E-state index contributed by atoms with van der Waals surface area (Å²) in [4.78, 5) is 15.1. The zero-order chi connectivity index (χ0) is 12.7. The van der Waals surface area contributed by atoms with Crippen molar-refractivity contribution in [1.29, 1.82) is 0 Å². The van der Waals surface area contributed by atoms with E-state index in [4.69, 9.17) is 0 Å². The highest BCUT2D eigenvalue weighted by Gasteiger charge is 1.99. The number of para-hydroxylation sites is 1. The van der Waals surface area contributed by atoms with Gasteiger partial charge in [0, 0.05) is 6.92 Å². The molecule has 17 heavy (non-hydrogen) atoms. The number of hydrogen-bond acceptors (Lipinski definition) is 5. The smallest absolute Gasteiger partial charge is 0.318 e. The van der Waals surface area contributed by atoms with Crippen LogP contribution in [-0.2, 0) is 9.63 Å². The second kappa shape index (κ2) is 6.42. The number of nitrogens with one attached hydrogen (secondary N) is 1. The fourth-order valence-corrected chi connectivity index (χ4v) is 0.941. The molecule has 0 fully saturated rings. The molecule has 0 radical (unpaired) electrons. The lowest BCUT2D eigenvalue weighted by Gasteiger charge is -2.02. The molecule has 0 heterocycles. The predicted molar refractivity (Wildman–Crippen MR) is 68.0 cm³/mol. The van der Waals surface area contributed by atoms with Crippen LogP contribution in [0, 0.1) is 0 Å². The van der Waals surface area contributed by atoms with Crippen LogP contribution in [0.3, 0.4) is 0 Å². The SMILES string of the molecule is CC(=O)ON=C(C)C(C)=NNc1ccccc1. The summed E-state index contributed by atoms with van der Waals surface area (Å²) < 4.78 is 0. The topological polar surface area (TPSA) is 63.0 Å². The summed E-state index contributed by atoms with van der Waals surface area (Å²) in [6.45, 7) is 4.79. The quantitative estimate of drug-likeness (QED) is 0.493. The molecule has 0 aliphatic carbocycles. The highest BCUT2D eigenvalue weighted by molar-refractivity contribution is 6.40. The molecule has 0 unspecified atom stereocenters. The molecule has 0 aliphatic rings. The normalized spacial score (nSPS) is 12.2. The second-order valence-corrected chi connectivity index (χ2v) is 3.43. The summed E-state index contributed by atoms with van der Waals surface area (Å²) in [5.74, 6) is -0.451. The van der Waals surface area contributed by atoms with Gasteiger partial charge in [0.05, 0.1) is 11.4 Å². The van der Waals surface area contributed by atoms with Gasteiger partial charge in [-0.25, -0.2) is 4.79 Å². The van der Waals surface area contributed by atoms with E-state index in [2.05, 4.69) is 20.5 Å². The van der Waals surface area contributed by atoms with E-state index in [1.54, 1.807) is 13.8 Å². The summed E-state index contributed by atoms with van der Waals surface area (Å²) >= 11 is 0. The van der Waals surface area contributed by atoms with Crippen molar-refractivity contribution in [3.8, 4) is 0 Å². The van der Waals surface area contributed by atoms with Crippen molar-refractivity contribution < 1.29 is 9.63 Å². The minimum atomic E-state index is -0.451. The molecule has 0 atom stereocenters. The van der Waals surface area contributed by atoms with Gasteiger partial charge in [-0.3, -0.25) is 5.43 Å². The molecule has 5 heteroatoms. The first-order valence-corrected chi connectivity index (χ1v) is 5.17. The Kier molecular flexibility index (Phi) is 4.87. The lowest BCUT2D eigenvalue weighted by molar-refractivity contribution is -0.140. The van der Waals surface area contributed by atoms with E-state index in [-0.39, 0.29) is 0 Å². The van der Waals surface area contributed by atoms with Crippen molar-refractivity contribution in [2.75, 3.05) is 5.43 Å². The molecular formula is C12H15N3O2. The molecule has 0 amide bonds. The minimum Gasteiger partial charge on any atom is -0.318 e. The molecule has 5 nitrogen and oxygen atoms in total. The van der Waals surface area contributed by atoms with Gasteiger partial charge in [0.2, 0.25) is 0 Å². The molecular weight excluding hydrogens is 218 g/mol. The average molecular weight is 233 g/mol. The van der Waals surface area contributed by atoms with E-state index in [0.717, 1.165) is 5.69 Å². The van der Waals surface area contributed by atoms with Crippen molar-refractivity contribution in [1.82, 2.24) is 0 Å². The van der Waals surface area contributed by atoms with E-state index in [1.165, 1.54) is 6.92 Å². The Bertz CT molecular complexity index is 438. The third kappa shape index (κ3) is 4.92. The highest BCUT2D eigenvalue weighted by atomic mass is 16.7. The standard InChI is InChI=1S/C12H15N3O2/c1-9(10(2)15-17-11(3)16)13-14-12-7-5-4-6-8-12/h4-8,14H,1-3H3. The summed E-state index contributed by atoms with van der Waals surface area (Å²) in [6.07, 6.45) is 0. The number of hydrazone groups is 1. The van der Waals surface area contributed by atoms with Gasteiger partial charge in [-0.1, -0.05) is 23.4 Å². The Morgan fingerprint density at radius 1 is 1.12 bits per heavy atom. The van der Waals surface area contributed by atoms with Crippen LogP contribution >= 0.6 is 0 Å². The van der Waals surface area contributed by atoms with Gasteiger partial charge in [0.25, 0.3) is 0 Å². The van der Waals surface area contributed by atoms with Gasteiger partial charge in [-0.2, -0.15) is 5.10 Å².